The number of rotatable bonds is 7. The van der Waals surface area contributed by atoms with E-state index in [4.69, 9.17) is 27.9 Å². The minimum atomic E-state index is -4.40. The number of hydrogen-bond donors (Lipinski definition) is 1. The van der Waals surface area contributed by atoms with Crippen molar-refractivity contribution in [3.05, 3.63) is 81.8 Å². The summed E-state index contributed by atoms with van der Waals surface area (Å²) in [6.07, 6.45) is 0. The van der Waals surface area contributed by atoms with Crippen molar-refractivity contribution in [1.29, 1.82) is 0 Å². The minimum absolute atomic E-state index is 0.0112. The summed E-state index contributed by atoms with van der Waals surface area (Å²) in [6, 6.07) is 11.6. The number of hydrogen-bond acceptors (Lipinski definition) is 4. The molecule has 0 radical (unpaired) electrons. The van der Waals surface area contributed by atoms with Crippen LogP contribution in [0.1, 0.15) is 5.56 Å². The van der Waals surface area contributed by atoms with Crippen LogP contribution in [-0.4, -0.2) is 28.0 Å². The second kappa shape index (κ2) is 9.94. The number of para-hydroxylation sites is 1. The molecule has 6 nitrogen and oxygen atoms in total. The van der Waals surface area contributed by atoms with E-state index in [2.05, 4.69) is 5.32 Å². The first-order valence-corrected chi connectivity index (χ1v) is 11.6. The number of nitrogens with one attached hydrogen (secondary N) is 1. The smallest absolute Gasteiger partial charge is 0.268 e. The van der Waals surface area contributed by atoms with Crippen molar-refractivity contribution in [3.63, 3.8) is 0 Å². The molecule has 3 rings (SSSR count). The van der Waals surface area contributed by atoms with Crippen LogP contribution in [0.15, 0.2) is 59.5 Å². The van der Waals surface area contributed by atoms with E-state index in [1.807, 2.05) is 0 Å². The fourth-order valence-corrected chi connectivity index (χ4v) is 4.93. The van der Waals surface area contributed by atoms with Gasteiger partial charge in [0.25, 0.3) is 10.0 Å². The van der Waals surface area contributed by atoms with E-state index in [-0.39, 0.29) is 26.4 Å². The number of anilines is 2. The molecule has 1 amide bonds. The van der Waals surface area contributed by atoms with Gasteiger partial charge in [-0.05, 0) is 55.0 Å². The first-order valence-electron chi connectivity index (χ1n) is 9.41. The second-order valence-electron chi connectivity index (χ2n) is 6.91. The van der Waals surface area contributed by atoms with Gasteiger partial charge >= 0.3 is 0 Å². The standard InChI is InChI=1S/C22H18Cl2F2N2O4S/c1-13-6-9-19(32-2)20(10-13)33(30,31)28(14-7-8-15(23)16(24)11-14)12-21(29)27-22-17(25)4-3-5-18(22)26/h3-11H,12H2,1-2H3,(H,27,29). The Labute approximate surface area is 199 Å². The molecule has 3 aromatic rings. The summed E-state index contributed by atoms with van der Waals surface area (Å²) in [4.78, 5) is 12.5. The van der Waals surface area contributed by atoms with E-state index in [1.54, 1.807) is 13.0 Å². The summed E-state index contributed by atoms with van der Waals surface area (Å²) in [5, 5.41) is 2.30. The molecule has 0 saturated heterocycles. The van der Waals surface area contributed by atoms with Crippen molar-refractivity contribution < 1.29 is 26.7 Å². The van der Waals surface area contributed by atoms with Crippen LogP contribution in [0.5, 0.6) is 5.75 Å². The lowest BCUT2D eigenvalue weighted by Crippen LogP contribution is -2.38. The average molecular weight is 515 g/mol. The number of halogens is 4. The van der Waals surface area contributed by atoms with Crippen LogP contribution >= 0.6 is 23.2 Å². The Hall–Kier alpha value is -2.88. The molecule has 3 aromatic carbocycles. The summed E-state index contributed by atoms with van der Waals surface area (Å²) >= 11 is 12.0. The quantitative estimate of drug-likeness (QED) is 0.456. The lowest BCUT2D eigenvalue weighted by atomic mass is 10.2. The van der Waals surface area contributed by atoms with Gasteiger partial charge in [0.15, 0.2) is 0 Å². The van der Waals surface area contributed by atoms with Crippen LogP contribution in [0.4, 0.5) is 20.2 Å². The van der Waals surface area contributed by atoms with E-state index in [0.29, 0.717) is 5.56 Å². The van der Waals surface area contributed by atoms with E-state index in [1.165, 1.54) is 37.4 Å². The van der Waals surface area contributed by atoms with Gasteiger partial charge in [0, 0.05) is 0 Å². The van der Waals surface area contributed by atoms with E-state index >= 15 is 0 Å². The molecule has 0 bridgehead atoms. The van der Waals surface area contributed by atoms with Gasteiger partial charge in [-0.1, -0.05) is 35.3 Å². The maximum absolute atomic E-state index is 14.0. The van der Waals surface area contributed by atoms with Gasteiger partial charge in [0.2, 0.25) is 5.91 Å². The summed E-state index contributed by atoms with van der Waals surface area (Å²) in [5.74, 6) is -2.95. The molecule has 33 heavy (non-hydrogen) atoms. The van der Waals surface area contributed by atoms with E-state index < -0.39 is 39.8 Å². The Morgan fingerprint density at radius 3 is 2.30 bits per heavy atom. The van der Waals surface area contributed by atoms with Crippen molar-refractivity contribution in [1.82, 2.24) is 0 Å². The molecule has 0 unspecified atom stereocenters. The predicted octanol–water partition coefficient (Wildman–Crippen LogP) is 5.42. The largest absolute Gasteiger partial charge is 0.495 e. The summed E-state index contributed by atoms with van der Waals surface area (Å²) in [6.45, 7) is 0.876. The predicted molar refractivity (Wildman–Crippen MR) is 124 cm³/mol. The van der Waals surface area contributed by atoms with Crippen LogP contribution in [-0.2, 0) is 14.8 Å². The van der Waals surface area contributed by atoms with Crippen molar-refractivity contribution in [2.75, 3.05) is 23.3 Å². The molecule has 0 heterocycles. The fraction of sp³-hybridized carbons (Fsp3) is 0.136. The molecule has 174 valence electrons. The fourth-order valence-electron chi connectivity index (χ4n) is 2.99. The number of aryl methyl sites for hydroxylation is 1. The number of amides is 1. The van der Waals surface area contributed by atoms with Crippen LogP contribution in [0.2, 0.25) is 10.0 Å². The molecule has 11 heteroatoms. The zero-order valence-electron chi connectivity index (χ0n) is 17.4. The number of ether oxygens (including phenoxy) is 1. The van der Waals surface area contributed by atoms with Crippen LogP contribution in [0.25, 0.3) is 0 Å². The zero-order valence-corrected chi connectivity index (χ0v) is 19.7. The van der Waals surface area contributed by atoms with Crippen molar-refractivity contribution >= 4 is 50.5 Å². The van der Waals surface area contributed by atoms with Crippen LogP contribution in [0.3, 0.4) is 0 Å². The highest BCUT2D eigenvalue weighted by Gasteiger charge is 2.31. The molecule has 0 aromatic heterocycles. The highest BCUT2D eigenvalue weighted by molar-refractivity contribution is 7.93. The normalized spacial score (nSPS) is 11.2. The second-order valence-corrected chi connectivity index (χ2v) is 9.55. The topological polar surface area (TPSA) is 75.7 Å². The minimum Gasteiger partial charge on any atom is -0.495 e. The van der Waals surface area contributed by atoms with E-state index in [0.717, 1.165) is 22.5 Å². The number of benzene rings is 3. The highest BCUT2D eigenvalue weighted by Crippen LogP contribution is 2.34. The number of carbonyl (C=O) groups excluding carboxylic acids is 1. The van der Waals surface area contributed by atoms with Gasteiger partial charge in [-0.2, -0.15) is 0 Å². The van der Waals surface area contributed by atoms with Crippen LogP contribution in [0, 0.1) is 18.6 Å². The Kier molecular flexibility index (Phi) is 7.46. The maximum Gasteiger partial charge on any atom is 0.268 e. The molecule has 0 atom stereocenters. The van der Waals surface area contributed by atoms with Crippen molar-refractivity contribution in [2.45, 2.75) is 11.8 Å². The molecular formula is C22H18Cl2F2N2O4S. The van der Waals surface area contributed by atoms with Crippen LogP contribution < -0.4 is 14.4 Å². The number of carbonyl (C=O) groups is 1. The SMILES string of the molecule is COc1ccc(C)cc1S(=O)(=O)N(CC(=O)Nc1c(F)cccc1F)c1ccc(Cl)c(Cl)c1. The lowest BCUT2D eigenvalue weighted by Gasteiger charge is -2.25. The number of nitrogens with zero attached hydrogens (tertiary/aromatic N) is 1. The molecule has 0 fully saturated rings. The Morgan fingerprint density at radius 2 is 1.70 bits per heavy atom. The molecule has 0 aliphatic carbocycles. The van der Waals surface area contributed by atoms with Gasteiger partial charge in [-0.15, -0.1) is 0 Å². The van der Waals surface area contributed by atoms with Crippen molar-refractivity contribution in [2.24, 2.45) is 0 Å². The first-order chi connectivity index (χ1) is 15.5. The van der Waals surface area contributed by atoms with Crippen molar-refractivity contribution in [3.8, 4) is 5.75 Å². The van der Waals surface area contributed by atoms with E-state index in [9.17, 15) is 22.0 Å². The molecule has 0 saturated carbocycles. The molecule has 0 aliphatic heterocycles. The maximum atomic E-state index is 14.0. The third-order valence-electron chi connectivity index (χ3n) is 4.59. The monoisotopic (exact) mass is 514 g/mol. The van der Waals surface area contributed by atoms with Gasteiger partial charge in [-0.3, -0.25) is 9.10 Å². The number of methoxy groups -OCH3 is 1. The Balaban J connectivity index is 2.08. The first kappa shape index (κ1) is 24.8. The molecule has 0 aliphatic rings. The number of sulfonamides is 1. The lowest BCUT2D eigenvalue weighted by molar-refractivity contribution is -0.114. The average Bonchev–Trinajstić information content (AvgIpc) is 2.76. The molecular weight excluding hydrogens is 497 g/mol. The van der Waals surface area contributed by atoms with Gasteiger partial charge in [0.05, 0.1) is 22.8 Å². The molecule has 0 spiro atoms. The van der Waals surface area contributed by atoms with Gasteiger partial charge in [0.1, 0.15) is 34.5 Å². The highest BCUT2D eigenvalue weighted by atomic mass is 35.5. The third kappa shape index (κ3) is 5.38. The summed E-state index contributed by atoms with van der Waals surface area (Å²) in [5.41, 5.74) is -0.0550. The Morgan fingerprint density at radius 1 is 1.03 bits per heavy atom. The van der Waals surface area contributed by atoms with Gasteiger partial charge < -0.3 is 10.1 Å². The third-order valence-corrected chi connectivity index (χ3v) is 7.13. The summed E-state index contributed by atoms with van der Waals surface area (Å²) < 4.78 is 61.1. The summed E-state index contributed by atoms with van der Waals surface area (Å²) in [7, 11) is -3.09. The molecule has 1 N–H and O–H groups in total. The Bertz CT molecular complexity index is 1300. The zero-order chi connectivity index (χ0) is 24.3. The van der Waals surface area contributed by atoms with Gasteiger partial charge in [-0.25, -0.2) is 17.2 Å².